The van der Waals surface area contributed by atoms with E-state index >= 15 is 4.39 Å². The fraction of sp³-hybridized carbons (Fsp3) is 0.360. The van der Waals surface area contributed by atoms with E-state index in [9.17, 15) is 23.1 Å². The molecule has 184 valence electrons. The number of rotatable bonds is 6. The molecule has 2 N–H and O–H groups in total. The van der Waals surface area contributed by atoms with Crippen LogP contribution in [0, 0.1) is 17.5 Å². The molecule has 10 heteroatoms. The van der Waals surface area contributed by atoms with Crippen molar-refractivity contribution in [1.29, 1.82) is 0 Å². The number of aromatic nitrogens is 3. The van der Waals surface area contributed by atoms with Crippen LogP contribution in [0.25, 0.3) is 27.5 Å². The lowest BCUT2D eigenvalue weighted by Crippen LogP contribution is -2.46. The van der Waals surface area contributed by atoms with Crippen molar-refractivity contribution < 1.29 is 32.2 Å². The van der Waals surface area contributed by atoms with Gasteiger partial charge in [0.05, 0.1) is 18.3 Å². The summed E-state index contributed by atoms with van der Waals surface area (Å²) in [5.41, 5.74) is -1.55. The van der Waals surface area contributed by atoms with Gasteiger partial charge in [-0.3, -0.25) is 5.10 Å². The summed E-state index contributed by atoms with van der Waals surface area (Å²) in [6.07, 6.45) is 0.770. The maximum absolute atomic E-state index is 16.0. The standard InChI is InChI=1S/C25H23F4N3O3/c1-24(2,11-35-3)22-18(13-8-25(29,9-13)23(33)34)19-17(6-12-10-30-31-21(12)20(19)28)32(22)14-4-5-15(26)16(27)7-14/h4-7,10,13H,8-9,11H2,1-3H3,(H,30,31)(H,33,34)/t13-,25+. The molecule has 0 bridgehead atoms. The number of fused-ring (bicyclic) bond motifs is 2. The monoisotopic (exact) mass is 489 g/mol. The van der Waals surface area contributed by atoms with Crippen LogP contribution < -0.4 is 0 Å². The molecular formula is C25H23F4N3O3. The van der Waals surface area contributed by atoms with Crippen LogP contribution in [0.1, 0.15) is 43.9 Å². The third kappa shape index (κ3) is 3.42. The summed E-state index contributed by atoms with van der Waals surface area (Å²) in [5, 5.41) is 16.5. The highest BCUT2D eigenvalue weighted by Crippen LogP contribution is 2.54. The molecule has 1 aliphatic carbocycles. The van der Waals surface area contributed by atoms with Gasteiger partial charge in [-0.25, -0.2) is 22.4 Å². The molecule has 4 aromatic rings. The molecule has 1 fully saturated rings. The Hall–Kier alpha value is -3.40. The first-order valence-corrected chi connectivity index (χ1v) is 11.1. The summed E-state index contributed by atoms with van der Waals surface area (Å²) in [7, 11) is 1.50. The van der Waals surface area contributed by atoms with Crippen LogP contribution in [-0.2, 0) is 14.9 Å². The number of carbonyl (C=O) groups is 1. The average Bonchev–Trinajstić information content (AvgIpc) is 3.37. The Kier molecular flexibility index (Phi) is 5.21. The van der Waals surface area contributed by atoms with Gasteiger partial charge in [-0.2, -0.15) is 5.10 Å². The Bertz CT molecular complexity index is 1480. The van der Waals surface area contributed by atoms with Crippen molar-refractivity contribution in [2.24, 2.45) is 0 Å². The minimum Gasteiger partial charge on any atom is -0.479 e. The van der Waals surface area contributed by atoms with Crippen LogP contribution in [0.15, 0.2) is 30.5 Å². The highest BCUT2D eigenvalue weighted by Gasteiger charge is 2.54. The van der Waals surface area contributed by atoms with Gasteiger partial charge in [-0.1, -0.05) is 13.8 Å². The molecule has 5 rings (SSSR count). The molecule has 2 heterocycles. The van der Waals surface area contributed by atoms with E-state index in [2.05, 4.69) is 10.2 Å². The average molecular weight is 489 g/mol. The van der Waals surface area contributed by atoms with E-state index in [1.165, 1.54) is 19.4 Å². The first kappa shape index (κ1) is 23.3. The van der Waals surface area contributed by atoms with E-state index in [0.29, 0.717) is 22.2 Å². The number of halogens is 4. The van der Waals surface area contributed by atoms with Crippen molar-refractivity contribution >= 4 is 27.8 Å². The van der Waals surface area contributed by atoms with Gasteiger partial charge in [-0.05, 0) is 42.5 Å². The van der Waals surface area contributed by atoms with Gasteiger partial charge >= 0.3 is 5.97 Å². The number of carboxylic acid groups (broad SMARTS) is 1. The first-order valence-electron chi connectivity index (χ1n) is 11.1. The zero-order valence-corrected chi connectivity index (χ0v) is 19.3. The predicted molar refractivity (Wildman–Crippen MR) is 121 cm³/mol. The molecule has 0 radical (unpaired) electrons. The number of methoxy groups -OCH3 is 1. The van der Waals surface area contributed by atoms with E-state index in [0.717, 1.165) is 12.1 Å². The van der Waals surface area contributed by atoms with Crippen LogP contribution in [-0.4, -0.2) is 45.2 Å². The zero-order chi connectivity index (χ0) is 25.3. The normalized spacial score (nSPS) is 20.5. The molecule has 6 nitrogen and oxygen atoms in total. The number of carboxylic acids is 1. The summed E-state index contributed by atoms with van der Waals surface area (Å²) in [6.45, 7) is 3.86. The molecule has 2 aromatic heterocycles. The number of hydrogen-bond donors (Lipinski definition) is 2. The molecule has 0 aliphatic heterocycles. The summed E-state index contributed by atoms with van der Waals surface area (Å²) >= 11 is 0. The van der Waals surface area contributed by atoms with E-state index in [-0.39, 0.29) is 36.0 Å². The molecular weight excluding hydrogens is 466 g/mol. The summed E-state index contributed by atoms with van der Waals surface area (Å²) in [5.74, 6) is -4.93. The topological polar surface area (TPSA) is 80.1 Å². The minimum atomic E-state index is -2.42. The first-order chi connectivity index (χ1) is 16.5. The molecule has 0 spiro atoms. The number of alkyl halides is 1. The van der Waals surface area contributed by atoms with Gasteiger partial charge < -0.3 is 14.4 Å². The van der Waals surface area contributed by atoms with Crippen LogP contribution in [0.3, 0.4) is 0 Å². The van der Waals surface area contributed by atoms with Gasteiger partial charge in [0.25, 0.3) is 0 Å². The number of aromatic amines is 1. The fourth-order valence-corrected chi connectivity index (χ4v) is 5.32. The summed E-state index contributed by atoms with van der Waals surface area (Å²) in [4.78, 5) is 11.5. The van der Waals surface area contributed by atoms with Crippen LogP contribution in [0.5, 0.6) is 0 Å². The largest absolute Gasteiger partial charge is 0.479 e. The van der Waals surface area contributed by atoms with E-state index in [1.807, 2.05) is 13.8 Å². The molecule has 2 aromatic carbocycles. The Morgan fingerprint density at radius 1 is 1.26 bits per heavy atom. The quantitative estimate of drug-likeness (QED) is 0.350. The number of aliphatic carboxylic acids is 1. The molecule has 0 unspecified atom stereocenters. The maximum Gasteiger partial charge on any atom is 0.341 e. The predicted octanol–water partition coefficient (Wildman–Crippen LogP) is 5.52. The molecule has 1 aliphatic rings. The van der Waals surface area contributed by atoms with Gasteiger partial charge in [0.1, 0.15) is 5.52 Å². The van der Waals surface area contributed by atoms with Gasteiger partial charge in [0, 0.05) is 40.7 Å². The van der Waals surface area contributed by atoms with Crippen molar-refractivity contribution in [1.82, 2.24) is 14.8 Å². The second-order valence-corrected chi connectivity index (χ2v) is 9.81. The third-order valence-electron chi connectivity index (χ3n) is 6.88. The van der Waals surface area contributed by atoms with E-state index in [1.54, 1.807) is 10.6 Å². The number of hydrogen-bond acceptors (Lipinski definition) is 3. The van der Waals surface area contributed by atoms with Crippen molar-refractivity contribution in [2.75, 3.05) is 13.7 Å². The highest BCUT2D eigenvalue weighted by atomic mass is 19.2. The number of nitrogens with zero attached hydrogens (tertiary/aromatic N) is 2. The molecule has 1 saturated carbocycles. The van der Waals surface area contributed by atoms with Gasteiger partial charge in [0.15, 0.2) is 17.5 Å². The number of H-pyrrole nitrogens is 1. The second-order valence-electron chi connectivity index (χ2n) is 9.81. The van der Waals surface area contributed by atoms with Crippen molar-refractivity contribution in [3.63, 3.8) is 0 Å². The Morgan fingerprint density at radius 2 is 1.97 bits per heavy atom. The van der Waals surface area contributed by atoms with E-state index < -0.39 is 40.4 Å². The second kappa shape index (κ2) is 7.81. The molecule has 35 heavy (non-hydrogen) atoms. The van der Waals surface area contributed by atoms with Crippen molar-refractivity contribution in [3.8, 4) is 5.69 Å². The number of nitrogens with one attached hydrogen (secondary N) is 1. The van der Waals surface area contributed by atoms with Crippen LogP contribution in [0.2, 0.25) is 0 Å². The number of benzene rings is 2. The maximum atomic E-state index is 16.0. The Morgan fingerprint density at radius 3 is 2.60 bits per heavy atom. The Labute approximate surface area is 197 Å². The van der Waals surface area contributed by atoms with Crippen LogP contribution in [0.4, 0.5) is 17.6 Å². The van der Waals surface area contributed by atoms with Crippen molar-refractivity contribution in [2.45, 2.75) is 43.7 Å². The molecule has 0 saturated heterocycles. The number of ether oxygens (including phenoxy) is 1. The smallest absolute Gasteiger partial charge is 0.341 e. The van der Waals surface area contributed by atoms with Gasteiger partial charge in [0.2, 0.25) is 5.67 Å². The van der Waals surface area contributed by atoms with E-state index in [4.69, 9.17) is 4.74 Å². The zero-order valence-electron chi connectivity index (χ0n) is 19.3. The fourth-order valence-electron chi connectivity index (χ4n) is 5.32. The van der Waals surface area contributed by atoms with Crippen molar-refractivity contribution in [3.05, 3.63) is 59.2 Å². The lowest BCUT2D eigenvalue weighted by molar-refractivity contribution is -0.158. The molecule has 0 amide bonds. The lowest BCUT2D eigenvalue weighted by atomic mass is 9.66. The van der Waals surface area contributed by atoms with Gasteiger partial charge in [-0.15, -0.1) is 0 Å². The minimum absolute atomic E-state index is 0.140. The SMILES string of the molecule is COCC(C)(C)c1c([C@H]2C[C@](F)(C(=O)O)C2)c2c(F)c3[nH]ncc3cc2n1-c1ccc(F)c(F)c1. The Balaban J connectivity index is 1.91. The van der Waals surface area contributed by atoms with Crippen LogP contribution >= 0.6 is 0 Å². The lowest BCUT2D eigenvalue weighted by Gasteiger charge is -2.40. The summed E-state index contributed by atoms with van der Waals surface area (Å²) < 4.78 is 66.0. The third-order valence-corrected chi connectivity index (χ3v) is 6.88. The highest BCUT2D eigenvalue weighted by molar-refractivity contribution is 6.00. The molecule has 0 atom stereocenters. The summed E-state index contributed by atoms with van der Waals surface area (Å²) in [6, 6.07) is 5.05.